The van der Waals surface area contributed by atoms with E-state index in [0.717, 1.165) is 12.1 Å². The lowest BCUT2D eigenvalue weighted by Gasteiger charge is -2.26. The zero-order valence-corrected chi connectivity index (χ0v) is 18.6. The van der Waals surface area contributed by atoms with Gasteiger partial charge in [0.15, 0.2) is 6.61 Å². The SMILES string of the molecule is CNc1ccc(S(=O)(=O)NCC(=O)OCC(=O)N(c2ccccc2)C(C)C)cc1[N+](=O)[O-]. The first kappa shape index (κ1) is 24.8. The molecule has 32 heavy (non-hydrogen) atoms. The number of nitro groups is 1. The topological polar surface area (TPSA) is 148 Å². The smallest absolute Gasteiger partial charge is 0.321 e. The van der Waals surface area contributed by atoms with E-state index < -0.39 is 45.7 Å². The molecule has 0 bridgehead atoms. The van der Waals surface area contributed by atoms with E-state index in [0.29, 0.717) is 5.69 Å². The molecule has 0 heterocycles. The molecule has 0 spiro atoms. The van der Waals surface area contributed by atoms with Gasteiger partial charge in [-0.15, -0.1) is 0 Å². The van der Waals surface area contributed by atoms with E-state index in [1.807, 2.05) is 4.72 Å². The minimum Gasteiger partial charge on any atom is -0.455 e. The summed E-state index contributed by atoms with van der Waals surface area (Å²) in [6, 6.07) is 11.9. The molecule has 0 radical (unpaired) electrons. The van der Waals surface area contributed by atoms with E-state index in [9.17, 15) is 28.1 Å². The maximum Gasteiger partial charge on any atom is 0.321 e. The molecule has 0 atom stereocenters. The standard InChI is InChI=1S/C20H24N4O7S/c1-14(2)23(15-7-5-4-6-8-15)19(25)13-31-20(26)12-22-32(29,30)16-9-10-17(21-3)18(11-16)24(27)28/h4-11,14,21-22H,12-13H2,1-3H3. The number of nitrogens with one attached hydrogen (secondary N) is 2. The van der Waals surface area contributed by atoms with Crippen molar-refractivity contribution in [3.8, 4) is 0 Å². The van der Waals surface area contributed by atoms with Crippen LogP contribution < -0.4 is 14.9 Å². The number of rotatable bonds is 10. The first-order valence-corrected chi connectivity index (χ1v) is 11.0. The zero-order valence-electron chi connectivity index (χ0n) is 17.8. The van der Waals surface area contributed by atoms with Gasteiger partial charge in [0.1, 0.15) is 12.2 Å². The molecule has 12 heteroatoms. The fourth-order valence-electron chi connectivity index (χ4n) is 2.86. The van der Waals surface area contributed by atoms with Gasteiger partial charge >= 0.3 is 5.97 Å². The second kappa shape index (κ2) is 10.7. The number of carbonyl (C=O) groups excluding carboxylic acids is 2. The fraction of sp³-hybridized carbons (Fsp3) is 0.300. The number of hydrogen-bond acceptors (Lipinski definition) is 8. The number of sulfonamides is 1. The molecule has 0 saturated heterocycles. The van der Waals surface area contributed by atoms with Gasteiger partial charge in [0, 0.05) is 24.8 Å². The van der Waals surface area contributed by atoms with Gasteiger partial charge in [0.2, 0.25) is 10.0 Å². The summed E-state index contributed by atoms with van der Waals surface area (Å²) in [6.45, 7) is 2.29. The van der Waals surface area contributed by atoms with Crippen LogP contribution in [0.5, 0.6) is 0 Å². The van der Waals surface area contributed by atoms with Crippen molar-refractivity contribution in [2.24, 2.45) is 0 Å². The third-order valence-electron chi connectivity index (χ3n) is 4.33. The van der Waals surface area contributed by atoms with Crippen LogP contribution in [0.4, 0.5) is 17.1 Å². The van der Waals surface area contributed by atoms with E-state index in [2.05, 4.69) is 5.32 Å². The molecule has 2 aromatic carbocycles. The van der Waals surface area contributed by atoms with Crippen molar-refractivity contribution in [1.82, 2.24) is 4.72 Å². The minimum atomic E-state index is -4.23. The average Bonchev–Trinajstić information content (AvgIpc) is 2.76. The third kappa shape index (κ3) is 6.25. The van der Waals surface area contributed by atoms with E-state index in [1.165, 1.54) is 18.0 Å². The molecule has 0 saturated carbocycles. The first-order valence-electron chi connectivity index (χ1n) is 9.55. The number of para-hydroxylation sites is 1. The van der Waals surface area contributed by atoms with Crippen LogP contribution in [-0.4, -0.2) is 51.5 Å². The number of nitrogens with zero attached hydrogens (tertiary/aromatic N) is 2. The van der Waals surface area contributed by atoms with Gasteiger partial charge in [-0.2, -0.15) is 4.72 Å². The largest absolute Gasteiger partial charge is 0.455 e. The Bertz CT molecular complexity index is 1090. The quantitative estimate of drug-likeness (QED) is 0.308. The van der Waals surface area contributed by atoms with Crippen molar-refractivity contribution < 1.29 is 27.7 Å². The minimum absolute atomic E-state index is 0.139. The molecule has 1 amide bonds. The van der Waals surface area contributed by atoms with Crippen LogP contribution in [-0.2, 0) is 24.3 Å². The normalized spacial score (nSPS) is 11.1. The molecule has 11 nitrogen and oxygen atoms in total. The highest BCUT2D eigenvalue weighted by Gasteiger charge is 2.23. The molecular formula is C20H24N4O7S. The van der Waals surface area contributed by atoms with E-state index >= 15 is 0 Å². The average molecular weight is 465 g/mol. The summed E-state index contributed by atoms with van der Waals surface area (Å²) >= 11 is 0. The third-order valence-corrected chi connectivity index (χ3v) is 5.73. The molecule has 2 aromatic rings. The Kier molecular flexibility index (Phi) is 8.27. The van der Waals surface area contributed by atoms with Crippen molar-refractivity contribution in [3.63, 3.8) is 0 Å². The summed E-state index contributed by atoms with van der Waals surface area (Å²) in [5.41, 5.74) is 0.342. The Balaban J connectivity index is 1.99. The Morgan fingerprint density at radius 2 is 1.81 bits per heavy atom. The summed E-state index contributed by atoms with van der Waals surface area (Å²) in [4.78, 5) is 36.0. The second-order valence-electron chi connectivity index (χ2n) is 6.86. The van der Waals surface area contributed by atoms with Crippen LogP contribution in [0.1, 0.15) is 13.8 Å². The molecular weight excluding hydrogens is 440 g/mol. The van der Waals surface area contributed by atoms with Crippen molar-refractivity contribution in [3.05, 3.63) is 58.6 Å². The Morgan fingerprint density at radius 3 is 2.38 bits per heavy atom. The predicted molar refractivity (Wildman–Crippen MR) is 118 cm³/mol. The van der Waals surface area contributed by atoms with Gasteiger partial charge in [-0.05, 0) is 38.1 Å². The lowest BCUT2D eigenvalue weighted by molar-refractivity contribution is -0.384. The molecule has 172 valence electrons. The molecule has 2 N–H and O–H groups in total. The lowest BCUT2D eigenvalue weighted by atomic mass is 10.2. The lowest BCUT2D eigenvalue weighted by Crippen LogP contribution is -2.40. The van der Waals surface area contributed by atoms with Crippen molar-refractivity contribution in [2.75, 3.05) is 30.4 Å². The predicted octanol–water partition coefficient (Wildman–Crippen LogP) is 1.90. The number of ether oxygens (including phenoxy) is 1. The highest BCUT2D eigenvalue weighted by atomic mass is 32.2. The number of benzene rings is 2. The Morgan fingerprint density at radius 1 is 1.16 bits per heavy atom. The zero-order chi connectivity index (χ0) is 23.9. The monoisotopic (exact) mass is 464 g/mol. The van der Waals surface area contributed by atoms with E-state index in [4.69, 9.17) is 4.74 Å². The van der Waals surface area contributed by atoms with E-state index in [1.54, 1.807) is 44.2 Å². The highest BCUT2D eigenvalue weighted by molar-refractivity contribution is 7.89. The maximum absolute atomic E-state index is 12.5. The van der Waals surface area contributed by atoms with Crippen LogP contribution in [0.3, 0.4) is 0 Å². The first-order chi connectivity index (χ1) is 15.1. The number of carbonyl (C=O) groups is 2. The number of amides is 1. The van der Waals surface area contributed by atoms with Gasteiger partial charge in [0.05, 0.1) is 9.82 Å². The molecule has 0 aliphatic rings. The van der Waals surface area contributed by atoms with Gasteiger partial charge in [-0.1, -0.05) is 18.2 Å². The number of anilines is 2. The summed E-state index contributed by atoms with van der Waals surface area (Å²) in [7, 11) is -2.76. The van der Waals surface area contributed by atoms with Crippen molar-refractivity contribution >= 4 is 39.0 Å². The van der Waals surface area contributed by atoms with Crippen molar-refractivity contribution in [2.45, 2.75) is 24.8 Å². The molecule has 0 fully saturated rings. The molecule has 0 aliphatic heterocycles. The highest BCUT2D eigenvalue weighted by Crippen LogP contribution is 2.27. The summed E-state index contributed by atoms with van der Waals surface area (Å²) in [6.07, 6.45) is 0. The van der Waals surface area contributed by atoms with Crippen LogP contribution in [0, 0.1) is 10.1 Å². The van der Waals surface area contributed by atoms with Gasteiger partial charge in [-0.25, -0.2) is 8.42 Å². The van der Waals surface area contributed by atoms with Gasteiger partial charge in [-0.3, -0.25) is 19.7 Å². The number of esters is 1. The van der Waals surface area contributed by atoms with Crippen LogP contribution in [0.25, 0.3) is 0 Å². The maximum atomic E-state index is 12.5. The summed E-state index contributed by atoms with van der Waals surface area (Å²) < 4.78 is 31.7. The second-order valence-corrected chi connectivity index (χ2v) is 8.63. The summed E-state index contributed by atoms with van der Waals surface area (Å²) in [5, 5.41) is 13.7. The van der Waals surface area contributed by atoms with Crippen LogP contribution in [0.15, 0.2) is 53.4 Å². The molecule has 2 rings (SSSR count). The van der Waals surface area contributed by atoms with Gasteiger partial charge in [0.25, 0.3) is 11.6 Å². The fourth-order valence-corrected chi connectivity index (χ4v) is 3.85. The van der Waals surface area contributed by atoms with Crippen molar-refractivity contribution in [1.29, 1.82) is 0 Å². The summed E-state index contributed by atoms with van der Waals surface area (Å²) in [5.74, 6) is -1.44. The Hall–Kier alpha value is -3.51. The number of nitro benzene ring substituents is 1. The van der Waals surface area contributed by atoms with Gasteiger partial charge < -0.3 is 15.0 Å². The Labute approximate surface area is 185 Å². The number of hydrogen-bond donors (Lipinski definition) is 2. The molecule has 0 unspecified atom stereocenters. The molecule has 0 aromatic heterocycles. The van der Waals surface area contributed by atoms with Crippen LogP contribution in [0.2, 0.25) is 0 Å². The van der Waals surface area contributed by atoms with E-state index in [-0.39, 0.29) is 16.6 Å². The van der Waals surface area contributed by atoms with Crippen LogP contribution >= 0.6 is 0 Å². The molecule has 0 aliphatic carbocycles.